The Labute approximate surface area is 216 Å². The number of pyridine rings is 1. The number of carbonyl (C=O) groups excluding carboxylic acids is 2. The first kappa shape index (κ1) is 24.7. The van der Waals surface area contributed by atoms with E-state index in [1.165, 1.54) is 6.08 Å². The highest BCUT2D eigenvalue weighted by Crippen LogP contribution is 2.40. The van der Waals surface area contributed by atoms with E-state index in [4.69, 9.17) is 22.1 Å². The first-order chi connectivity index (χ1) is 17.7. The number of carbonyl (C=O) groups is 2. The van der Waals surface area contributed by atoms with Crippen molar-refractivity contribution >= 4 is 29.2 Å². The molecule has 7 nitrogen and oxygen atoms in total. The quantitative estimate of drug-likeness (QED) is 0.470. The highest BCUT2D eigenvalue weighted by atomic mass is 35.5. The normalized spacial score (nSPS) is 17.7. The number of nitrogens with one attached hydrogen (secondary N) is 1. The van der Waals surface area contributed by atoms with Gasteiger partial charge in [-0.3, -0.25) is 9.59 Å². The van der Waals surface area contributed by atoms with Crippen LogP contribution in [0.2, 0.25) is 5.02 Å². The van der Waals surface area contributed by atoms with Crippen molar-refractivity contribution in [2.75, 3.05) is 18.8 Å². The molecule has 0 saturated carbocycles. The number of alkyl halides is 2. The predicted octanol–water partition coefficient (Wildman–Crippen LogP) is 4.25. The summed E-state index contributed by atoms with van der Waals surface area (Å²) in [4.78, 5) is 29.7. The van der Waals surface area contributed by atoms with Crippen LogP contribution in [0.1, 0.15) is 21.5 Å². The van der Waals surface area contributed by atoms with Gasteiger partial charge >= 0.3 is 0 Å². The standard InChI is InChI=1S/C27H23ClF2N4O3/c28-22-11-19(17-2-4-18(5-3-17)26(36)34-14-27(29,30)15-34)9-20-10-21(37-25(20)22)6-8-24(35)33-13-16-1-7-23(31)32-12-16/h1-9,11-12,21H,10,13-15H2,(H2,31,32)(H,33,35). The predicted molar refractivity (Wildman–Crippen MR) is 135 cm³/mol. The number of nitrogens with two attached hydrogens (primary N) is 1. The third-order valence-corrected chi connectivity index (χ3v) is 6.46. The average molecular weight is 525 g/mol. The van der Waals surface area contributed by atoms with Gasteiger partial charge in [-0.2, -0.15) is 0 Å². The minimum absolute atomic E-state index is 0.264. The Hall–Kier alpha value is -3.98. The van der Waals surface area contributed by atoms with Gasteiger partial charge in [0.1, 0.15) is 17.7 Å². The number of amides is 2. The average Bonchev–Trinajstić information content (AvgIpc) is 3.29. The maximum Gasteiger partial charge on any atom is 0.282 e. The molecule has 2 amide bonds. The number of hydrogen-bond acceptors (Lipinski definition) is 5. The molecule has 0 bridgehead atoms. The van der Waals surface area contributed by atoms with Gasteiger partial charge in [0.15, 0.2) is 0 Å². The zero-order chi connectivity index (χ0) is 26.2. The maximum absolute atomic E-state index is 13.1. The van der Waals surface area contributed by atoms with E-state index in [0.29, 0.717) is 35.1 Å². The molecule has 2 aromatic carbocycles. The van der Waals surface area contributed by atoms with Gasteiger partial charge in [-0.25, -0.2) is 13.8 Å². The lowest BCUT2D eigenvalue weighted by Gasteiger charge is -2.38. The number of hydrogen-bond donors (Lipinski definition) is 2. The van der Waals surface area contributed by atoms with Crippen LogP contribution < -0.4 is 15.8 Å². The van der Waals surface area contributed by atoms with Gasteiger partial charge < -0.3 is 20.7 Å². The second-order valence-corrected chi connectivity index (χ2v) is 9.48. The molecular formula is C27H23ClF2N4O3. The Bertz CT molecular complexity index is 1370. The molecule has 3 N–H and O–H groups in total. The second kappa shape index (κ2) is 9.82. The highest BCUT2D eigenvalue weighted by Gasteiger charge is 2.46. The van der Waals surface area contributed by atoms with Crippen LogP contribution >= 0.6 is 11.6 Å². The van der Waals surface area contributed by atoms with E-state index in [0.717, 1.165) is 27.2 Å². The van der Waals surface area contributed by atoms with Gasteiger partial charge in [0.2, 0.25) is 5.91 Å². The van der Waals surface area contributed by atoms with Crippen LogP contribution in [0.5, 0.6) is 5.75 Å². The van der Waals surface area contributed by atoms with Crippen molar-refractivity contribution in [1.82, 2.24) is 15.2 Å². The van der Waals surface area contributed by atoms with E-state index >= 15 is 0 Å². The minimum Gasteiger partial charge on any atom is -0.484 e. The fraction of sp³-hybridized carbons (Fsp3) is 0.222. The zero-order valence-electron chi connectivity index (χ0n) is 19.6. The van der Waals surface area contributed by atoms with Crippen LogP contribution in [0, 0.1) is 0 Å². The Balaban J connectivity index is 1.20. The van der Waals surface area contributed by atoms with E-state index in [1.807, 2.05) is 6.07 Å². The number of ether oxygens (including phenoxy) is 1. The Morgan fingerprint density at radius 2 is 1.92 bits per heavy atom. The Kier molecular flexibility index (Phi) is 6.55. The van der Waals surface area contributed by atoms with Crippen LogP contribution in [0.4, 0.5) is 14.6 Å². The van der Waals surface area contributed by atoms with Crippen LogP contribution in [-0.2, 0) is 17.8 Å². The smallest absolute Gasteiger partial charge is 0.282 e. The van der Waals surface area contributed by atoms with Crippen LogP contribution in [0.25, 0.3) is 11.1 Å². The van der Waals surface area contributed by atoms with Crippen molar-refractivity contribution in [2.45, 2.75) is 25.0 Å². The van der Waals surface area contributed by atoms with E-state index < -0.39 is 24.9 Å². The summed E-state index contributed by atoms with van der Waals surface area (Å²) in [5, 5.41) is 3.22. The molecule has 3 aromatic rings. The number of fused-ring (bicyclic) bond motifs is 1. The lowest BCUT2D eigenvalue weighted by Crippen LogP contribution is -2.58. The Morgan fingerprint density at radius 1 is 1.16 bits per heavy atom. The van der Waals surface area contributed by atoms with Crippen molar-refractivity contribution in [3.05, 3.63) is 88.6 Å². The third kappa shape index (κ3) is 5.56. The maximum atomic E-state index is 13.1. The lowest BCUT2D eigenvalue weighted by molar-refractivity contribution is -0.116. The van der Waals surface area contributed by atoms with Gasteiger partial charge in [-0.15, -0.1) is 0 Å². The van der Waals surface area contributed by atoms with Crippen LogP contribution in [-0.4, -0.2) is 46.8 Å². The summed E-state index contributed by atoms with van der Waals surface area (Å²) >= 11 is 6.48. The van der Waals surface area contributed by atoms with E-state index in [9.17, 15) is 18.4 Å². The SMILES string of the molecule is Nc1ccc(CNC(=O)C=CC2Cc3cc(-c4ccc(C(=O)N5CC(F)(F)C5)cc4)cc(Cl)c3O2)cn1. The molecular weight excluding hydrogens is 502 g/mol. The summed E-state index contributed by atoms with van der Waals surface area (Å²) in [6, 6.07) is 14.0. The summed E-state index contributed by atoms with van der Waals surface area (Å²) in [5.74, 6) is -2.50. The number of nitrogen functional groups attached to an aromatic ring is 1. The summed E-state index contributed by atoms with van der Waals surface area (Å²) in [5.41, 5.74) is 9.30. The minimum atomic E-state index is -2.80. The molecule has 10 heteroatoms. The molecule has 1 atom stereocenters. The molecule has 2 aliphatic heterocycles. The van der Waals surface area contributed by atoms with Gasteiger partial charge in [-0.1, -0.05) is 29.8 Å². The first-order valence-electron chi connectivity index (χ1n) is 11.6. The fourth-order valence-electron chi connectivity index (χ4n) is 4.24. The molecule has 0 aliphatic carbocycles. The summed E-state index contributed by atoms with van der Waals surface area (Å²) in [6.45, 7) is -0.775. The molecule has 5 rings (SSSR count). The molecule has 190 valence electrons. The molecule has 1 fully saturated rings. The molecule has 1 unspecified atom stereocenters. The number of nitrogens with zero attached hydrogens (tertiary/aromatic N) is 2. The summed E-state index contributed by atoms with van der Waals surface area (Å²) < 4.78 is 32.1. The first-order valence-corrected chi connectivity index (χ1v) is 12.0. The van der Waals surface area contributed by atoms with E-state index in [1.54, 1.807) is 54.7 Å². The molecule has 37 heavy (non-hydrogen) atoms. The number of aromatic nitrogens is 1. The number of likely N-dealkylation sites (tertiary alicyclic amines) is 1. The van der Waals surface area contributed by atoms with Crippen molar-refractivity contribution in [3.63, 3.8) is 0 Å². The third-order valence-electron chi connectivity index (χ3n) is 6.18. The number of rotatable bonds is 6. The van der Waals surface area contributed by atoms with E-state index in [-0.39, 0.29) is 12.0 Å². The van der Waals surface area contributed by atoms with Crippen LogP contribution in [0.15, 0.2) is 66.9 Å². The molecule has 0 spiro atoms. The van der Waals surface area contributed by atoms with Crippen molar-refractivity contribution in [1.29, 1.82) is 0 Å². The lowest BCUT2D eigenvalue weighted by atomic mass is 9.99. The van der Waals surface area contributed by atoms with Gasteiger partial charge in [0, 0.05) is 36.4 Å². The van der Waals surface area contributed by atoms with E-state index in [2.05, 4.69) is 10.3 Å². The molecule has 0 radical (unpaired) electrons. The summed E-state index contributed by atoms with van der Waals surface area (Å²) in [6.07, 6.45) is 4.91. The van der Waals surface area contributed by atoms with Gasteiger partial charge in [-0.05, 0) is 53.1 Å². The molecule has 3 heterocycles. The second-order valence-electron chi connectivity index (χ2n) is 9.07. The molecule has 2 aliphatic rings. The van der Waals surface area contributed by atoms with Gasteiger partial charge in [0.25, 0.3) is 11.8 Å². The number of benzene rings is 2. The number of halogens is 3. The zero-order valence-corrected chi connectivity index (χ0v) is 20.3. The van der Waals surface area contributed by atoms with Crippen molar-refractivity contribution < 1.29 is 23.1 Å². The molecule has 1 aromatic heterocycles. The fourth-order valence-corrected chi connectivity index (χ4v) is 4.53. The highest BCUT2D eigenvalue weighted by molar-refractivity contribution is 6.32. The largest absolute Gasteiger partial charge is 0.484 e. The topological polar surface area (TPSA) is 97.5 Å². The monoisotopic (exact) mass is 524 g/mol. The number of anilines is 1. The summed E-state index contributed by atoms with van der Waals surface area (Å²) in [7, 11) is 0. The van der Waals surface area contributed by atoms with Crippen molar-refractivity contribution in [3.8, 4) is 16.9 Å². The van der Waals surface area contributed by atoms with Crippen molar-refractivity contribution in [2.24, 2.45) is 0 Å². The Morgan fingerprint density at radius 3 is 2.59 bits per heavy atom. The van der Waals surface area contributed by atoms with Gasteiger partial charge in [0.05, 0.1) is 18.1 Å². The molecule has 1 saturated heterocycles. The van der Waals surface area contributed by atoms with Crippen LogP contribution in [0.3, 0.4) is 0 Å².